The molecule has 0 bridgehead atoms. The molecule has 0 spiro atoms. The molecule has 0 aliphatic heterocycles. The number of methoxy groups -OCH3 is 1. The first-order valence-electron chi connectivity index (χ1n) is 9.81. The average Bonchev–Trinajstić information content (AvgIpc) is 2.66. The Balaban J connectivity index is 2.37. The number of ether oxygens (including phenoxy) is 1. The van der Waals surface area contributed by atoms with E-state index < -0.39 is 0 Å². The Hall–Kier alpha value is -2.18. The molecule has 7 nitrogen and oxygen atoms in total. The summed E-state index contributed by atoms with van der Waals surface area (Å²) < 4.78 is 4.70. The fraction of sp³-hybridized carbons (Fsp3) is 0.700. The van der Waals surface area contributed by atoms with Crippen LogP contribution in [0, 0.1) is 16.0 Å². The second kappa shape index (κ2) is 9.67. The Kier molecular flexibility index (Phi) is 7.56. The number of nitro groups is 1. The van der Waals surface area contributed by atoms with E-state index in [1.54, 1.807) is 12.3 Å². The van der Waals surface area contributed by atoms with Gasteiger partial charge in [-0.1, -0.05) is 40.0 Å². The van der Waals surface area contributed by atoms with E-state index in [1.807, 2.05) is 6.92 Å². The molecule has 1 unspecified atom stereocenters. The highest BCUT2D eigenvalue weighted by molar-refractivity contribution is 5.70. The third kappa shape index (κ3) is 5.65. The number of hydrogen-bond donors (Lipinski definition) is 0. The van der Waals surface area contributed by atoms with Gasteiger partial charge in [0.05, 0.1) is 18.5 Å². The summed E-state index contributed by atoms with van der Waals surface area (Å²) in [5, 5.41) is 11.8. The van der Waals surface area contributed by atoms with Gasteiger partial charge in [0.15, 0.2) is 0 Å². The lowest BCUT2D eigenvalue weighted by atomic mass is 9.93. The molecule has 0 aromatic carbocycles. The standard InChI is InChI=1S/C20H31N3O4/c1-14(2)13-22(17-8-6-5-7-9-17)20-18(23(25)26)11-16(12-21-20)15(3)10-19(24)27-4/h11-12,14-15,17H,5-10,13H2,1-4H3. The zero-order valence-electron chi connectivity index (χ0n) is 16.8. The van der Waals surface area contributed by atoms with Gasteiger partial charge in [-0.3, -0.25) is 14.9 Å². The molecule has 0 radical (unpaired) electrons. The van der Waals surface area contributed by atoms with Crippen LogP contribution in [0.15, 0.2) is 12.3 Å². The maximum absolute atomic E-state index is 11.8. The minimum atomic E-state index is -0.354. The van der Waals surface area contributed by atoms with Crippen molar-refractivity contribution in [1.29, 1.82) is 0 Å². The van der Waals surface area contributed by atoms with Gasteiger partial charge < -0.3 is 9.64 Å². The minimum Gasteiger partial charge on any atom is -0.469 e. The maximum Gasteiger partial charge on any atom is 0.311 e. The first-order chi connectivity index (χ1) is 12.8. The Bertz CT molecular complexity index is 657. The van der Waals surface area contributed by atoms with Crippen LogP contribution in [0.3, 0.4) is 0 Å². The molecule has 0 saturated heterocycles. The van der Waals surface area contributed by atoms with Gasteiger partial charge in [0, 0.05) is 24.8 Å². The normalized spacial score (nSPS) is 16.2. The summed E-state index contributed by atoms with van der Waals surface area (Å²) in [5.41, 5.74) is 0.708. The number of anilines is 1. The van der Waals surface area contributed by atoms with Gasteiger partial charge in [0.25, 0.3) is 0 Å². The monoisotopic (exact) mass is 377 g/mol. The number of esters is 1. The van der Waals surface area contributed by atoms with Crippen molar-refractivity contribution in [3.8, 4) is 0 Å². The van der Waals surface area contributed by atoms with Crippen molar-refractivity contribution >= 4 is 17.5 Å². The van der Waals surface area contributed by atoms with E-state index >= 15 is 0 Å². The molecule has 0 N–H and O–H groups in total. The van der Waals surface area contributed by atoms with Crippen LogP contribution in [0.25, 0.3) is 0 Å². The van der Waals surface area contributed by atoms with Crippen LogP contribution >= 0.6 is 0 Å². The highest BCUT2D eigenvalue weighted by Crippen LogP contribution is 2.35. The highest BCUT2D eigenvalue weighted by Gasteiger charge is 2.30. The molecule has 0 amide bonds. The summed E-state index contributed by atoms with van der Waals surface area (Å²) in [6.45, 7) is 6.84. The van der Waals surface area contributed by atoms with E-state index in [1.165, 1.54) is 13.5 Å². The fourth-order valence-corrected chi connectivity index (χ4v) is 3.73. The van der Waals surface area contributed by atoms with Gasteiger partial charge in [-0.2, -0.15) is 0 Å². The fourth-order valence-electron chi connectivity index (χ4n) is 3.73. The molecule has 1 aromatic rings. The molecule has 1 aliphatic rings. The number of nitrogens with zero attached hydrogens (tertiary/aromatic N) is 3. The third-order valence-corrected chi connectivity index (χ3v) is 5.18. The average molecular weight is 377 g/mol. The lowest BCUT2D eigenvalue weighted by Gasteiger charge is -2.36. The summed E-state index contributed by atoms with van der Waals surface area (Å²) >= 11 is 0. The zero-order valence-corrected chi connectivity index (χ0v) is 16.8. The van der Waals surface area contributed by atoms with Crippen molar-refractivity contribution in [2.75, 3.05) is 18.6 Å². The van der Waals surface area contributed by atoms with Gasteiger partial charge in [-0.05, 0) is 30.2 Å². The minimum absolute atomic E-state index is 0.0236. The summed E-state index contributed by atoms with van der Waals surface area (Å²) in [4.78, 5) is 29.6. The molecule has 150 valence electrons. The van der Waals surface area contributed by atoms with E-state index in [0.29, 0.717) is 23.3 Å². The van der Waals surface area contributed by atoms with E-state index in [9.17, 15) is 14.9 Å². The van der Waals surface area contributed by atoms with Crippen molar-refractivity contribution in [2.45, 2.75) is 71.3 Å². The maximum atomic E-state index is 11.8. The smallest absolute Gasteiger partial charge is 0.311 e. The number of carbonyl (C=O) groups excluding carboxylic acids is 1. The quantitative estimate of drug-likeness (QED) is 0.378. The van der Waals surface area contributed by atoms with Crippen molar-refractivity contribution in [3.05, 3.63) is 27.9 Å². The Morgan fingerprint density at radius 3 is 2.56 bits per heavy atom. The first-order valence-corrected chi connectivity index (χ1v) is 9.81. The van der Waals surface area contributed by atoms with E-state index in [2.05, 4.69) is 23.7 Å². The topological polar surface area (TPSA) is 85.6 Å². The summed E-state index contributed by atoms with van der Waals surface area (Å²) in [5.74, 6) is 0.310. The second-order valence-electron chi connectivity index (χ2n) is 7.89. The van der Waals surface area contributed by atoms with Gasteiger partial charge in [0.2, 0.25) is 5.82 Å². The molecule has 1 aromatic heterocycles. The molecular formula is C20H31N3O4. The van der Waals surface area contributed by atoms with Crippen LogP contribution in [-0.2, 0) is 9.53 Å². The van der Waals surface area contributed by atoms with Crippen LogP contribution in [0.5, 0.6) is 0 Å². The van der Waals surface area contributed by atoms with E-state index in [4.69, 9.17) is 4.74 Å². The highest BCUT2D eigenvalue weighted by atomic mass is 16.6. The van der Waals surface area contributed by atoms with Crippen LogP contribution in [-0.4, -0.2) is 35.6 Å². The van der Waals surface area contributed by atoms with Gasteiger partial charge in [0.1, 0.15) is 0 Å². The number of carbonyl (C=O) groups is 1. The second-order valence-corrected chi connectivity index (χ2v) is 7.89. The van der Waals surface area contributed by atoms with Crippen molar-refractivity contribution in [2.24, 2.45) is 5.92 Å². The largest absolute Gasteiger partial charge is 0.469 e. The number of rotatable bonds is 8. The molecule has 1 fully saturated rings. The number of pyridine rings is 1. The Morgan fingerprint density at radius 1 is 1.33 bits per heavy atom. The number of hydrogen-bond acceptors (Lipinski definition) is 6. The van der Waals surface area contributed by atoms with Crippen LogP contribution in [0.2, 0.25) is 0 Å². The molecular weight excluding hydrogens is 346 g/mol. The number of aromatic nitrogens is 1. The molecule has 1 heterocycles. The van der Waals surface area contributed by atoms with E-state index in [-0.39, 0.29) is 28.9 Å². The SMILES string of the molecule is COC(=O)CC(C)c1cnc(N(CC(C)C)C2CCCCC2)c([N+](=O)[O-])c1. The van der Waals surface area contributed by atoms with Crippen molar-refractivity contribution < 1.29 is 14.5 Å². The van der Waals surface area contributed by atoms with Gasteiger partial charge in [-0.15, -0.1) is 0 Å². The lowest BCUT2D eigenvalue weighted by Crippen LogP contribution is -2.40. The Morgan fingerprint density at radius 2 is 2.00 bits per heavy atom. The van der Waals surface area contributed by atoms with Crippen molar-refractivity contribution in [3.63, 3.8) is 0 Å². The van der Waals surface area contributed by atoms with Gasteiger partial charge >= 0.3 is 11.7 Å². The third-order valence-electron chi connectivity index (χ3n) is 5.18. The molecule has 1 saturated carbocycles. The molecule has 1 aliphatic carbocycles. The summed E-state index contributed by atoms with van der Waals surface area (Å²) in [7, 11) is 1.34. The van der Waals surface area contributed by atoms with Crippen LogP contribution in [0.4, 0.5) is 11.5 Å². The predicted octanol–water partition coefficient (Wildman–Crippen LogP) is 4.45. The summed E-state index contributed by atoms with van der Waals surface area (Å²) in [6, 6.07) is 1.87. The van der Waals surface area contributed by atoms with Crippen LogP contribution < -0.4 is 4.90 Å². The zero-order chi connectivity index (χ0) is 20.0. The van der Waals surface area contributed by atoms with Gasteiger partial charge in [-0.25, -0.2) is 4.98 Å². The molecule has 1 atom stereocenters. The molecule has 7 heteroatoms. The van der Waals surface area contributed by atoms with Crippen LogP contribution in [0.1, 0.15) is 70.8 Å². The summed E-state index contributed by atoms with van der Waals surface area (Å²) in [6.07, 6.45) is 7.48. The molecule has 2 rings (SSSR count). The van der Waals surface area contributed by atoms with Crippen molar-refractivity contribution in [1.82, 2.24) is 4.98 Å². The molecule has 27 heavy (non-hydrogen) atoms. The first kappa shape index (κ1) is 21.1. The Labute approximate surface area is 161 Å². The lowest BCUT2D eigenvalue weighted by molar-refractivity contribution is -0.384. The van der Waals surface area contributed by atoms with E-state index in [0.717, 1.165) is 32.2 Å². The predicted molar refractivity (Wildman–Crippen MR) is 105 cm³/mol.